The van der Waals surface area contributed by atoms with Crippen LogP contribution in [-0.4, -0.2) is 33.4 Å². The molecule has 200 valence electrons. The summed E-state index contributed by atoms with van der Waals surface area (Å²) >= 11 is 0. The lowest BCUT2D eigenvalue weighted by atomic mass is 10.0. The number of hydrogen-bond acceptors (Lipinski definition) is 8. The fourth-order valence-electron chi connectivity index (χ4n) is 4.05. The predicted molar refractivity (Wildman–Crippen MR) is 157 cm³/mol. The van der Waals surface area contributed by atoms with Crippen molar-refractivity contribution in [3.63, 3.8) is 0 Å². The van der Waals surface area contributed by atoms with Gasteiger partial charge in [0.15, 0.2) is 0 Å². The first kappa shape index (κ1) is 26.0. The van der Waals surface area contributed by atoms with Crippen molar-refractivity contribution in [2.24, 2.45) is 0 Å². The minimum Gasteiger partial charge on any atom is -0.397 e. The summed E-state index contributed by atoms with van der Waals surface area (Å²) in [5.41, 5.74) is 12.5. The molecule has 0 atom stereocenters. The molecule has 5 rings (SSSR count). The zero-order chi connectivity index (χ0) is 27.2. The number of hydrogen-bond donors (Lipinski definition) is 5. The molecular formula is C30H34N8O. The van der Waals surface area contributed by atoms with Crippen LogP contribution in [0.5, 0.6) is 0 Å². The average Bonchev–Trinajstić information content (AvgIpc) is 3.75. The molecule has 6 N–H and O–H groups in total. The van der Waals surface area contributed by atoms with Crippen LogP contribution in [0.3, 0.4) is 0 Å². The molecule has 1 fully saturated rings. The summed E-state index contributed by atoms with van der Waals surface area (Å²) in [7, 11) is 0. The summed E-state index contributed by atoms with van der Waals surface area (Å²) in [5.74, 6) is 1.38. The second kappa shape index (κ2) is 11.8. The van der Waals surface area contributed by atoms with Crippen LogP contribution in [0.2, 0.25) is 0 Å². The molecule has 4 aromatic rings. The quantitative estimate of drug-likeness (QED) is 0.171. The van der Waals surface area contributed by atoms with Crippen molar-refractivity contribution in [3.05, 3.63) is 94.5 Å². The molecular weight excluding hydrogens is 488 g/mol. The Morgan fingerprint density at radius 2 is 1.54 bits per heavy atom. The first-order valence-corrected chi connectivity index (χ1v) is 13.2. The lowest BCUT2D eigenvalue weighted by Crippen LogP contribution is -2.15. The minimum absolute atomic E-state index is 0.211. The van der Waals surface area contributed by atoms with E-state index in [2.05, 4.69) is 68.3 Å². The first-order chi connectivity index (χ1) is 18.9. The second-order valence-corrected chi connectivity index (χ2v) is 9.91. The van der Waals surface area contributed by atoms with E-state index in [1.807, 2.05) is 24.3 Å². The van der Waals surface area contributed by atoms with Gasteiger partial charge in [-0.3, -0.25) is 4.79 Å². The van der Waals surface area contributed by atoms with E-state index in [9.17, 15) is 4.79 Å². The maximum Gasteiger partial charge on any atom is 0.255 e. The third-order valence-electron chi connectivity index (χ3n) is 6.69. The highest BCUT2D eigenvalue weighted by Crippen LogP contribution is 2.24. The van der Waals surface area contributed by atoms with Crippen LogP contribution >= 0.6 is 0 Å². The molecule has 0 saturated heterocycles. The Labute approximate surface area is 228 Å². The summed E-state index contributed by atoms with van der Waals surface area (Å²) in [6, 6.07) is 21.6. The molecule has 1 heterocycles. The number of rotatable bonds is 11. The maximum atomic E-state index is 12.6. The van der Waals surface area contributed by atoms with E-state index in [0.29, 0.717) is 53.9 Å². The highest BCUT2D eigenvalue weighted by molar-refractivity contribution is 6.05. The molecule has 1 aromatic heterocycles. The number of nitrogens with zero attached hydrogens (tertiary/aromatic N) is 3. The van der Waals surface area contributed by atoms with Crippen molar-refractivity contribution in [2.75, 3.05) is 33.5 Å². The van der Waals surface area contributed by atoms with Crippen molar-refractivity contribution >= 4 is 35.1 Å². The van der Waals surface area contributed by atoms with Gasteiger partial charge in [-0.2, -0.15) is 15.0 Å². The third-order valence-corrected chi connectivity index (χ3v) is 6.69. The van der Waals surface area contributed by atoms with Gasteiger partial charge in [0.1, 0.15) is 0 Å². The van der Waals surface area contributed by atoms with Crippen molar-refractivity contribution in [1.29, 1.82) is 0 Å². The molecule has 9 heteroatoms. The number of nitrogen functional groups attached to an aromatic ring is 1. The largest absolute Gasteiger partial charge is 0.397 e. The van der Waals surface area contributed by atoms with Gasteiger partial charge in [0.25, 0.3) is 5.91 Å². The number of anilines is 5. The van der Waals surface area contributed by atoms with Gasteiger partial charge in [-0.15, -0.1) is 0 Å². The van der Waals surface area contributed by atoms with Gasteiger partial charge in [0, 0.05) is 24.7 Å². The number of amides is 1. The molecule has 1 saturated carbocycles. The van der Waals surface area contributed by atoms with E-state index in [4.69, 9.17) is 5.73 Å². The monoisotopic (exact) mass is 522 g/mol. The van der Waals surface area contributed by atoms with Crippen LogP contribution < -0.4 is 27.0 Å². The lowest BCUT2D eigenvalue weighted by molar-refractivity contribution is 0.102. The Kier molecular flexibility index (Phi) is 7.86. The molecule has 9 nitrogen and oxygen atoms in total. The van der Waals surface area contributed by atoms with Crippen molar-refractivity contribution in [1.82, 2.24) is 15.0 Å². The number of carbonyl (C=O) groups excluding carboxylic acids is 1. The summed E-state index contributed by atoms with van der Waals surface area (Å²) in [6.45, 7) is 5.48. The third kappa shape index (κ3) is 7.22. The SMILES string of the molecule is Cc1ccc(CCNc2nc(NCc3ccc(C(=O)Nc4ccccc4N)cc3)nc(NC3CC3)n2)cc1C. The average molecular weight is 523 g/mol. The minimum atomic E-state index is -0.211. The van der Waals surface area contributed by atoms with E-state index in [1.54, 1.807) is 24.3 Å². The van der Waals surface area contributed by atoms with Crippen LogP contribution in [-0.2, 0) is 13.0 Å². The standard InChI is InChI=1S/C30H34N8O/c1-19-7-8-21(17-20(19)2)15-16-32-28-36-29(38-30(37-28)34-24-13-14-24)33-18-22-9-11-23(12-10-22)27(39)35-26-6-4-3-5-25(26)31/h3-12,17,24H,13-16,18,31H2,1-2H3,(H,35,39)(H3,32,33,34,36,37,38). The zero-order valence-corrected chi connectivity index (χ0v) is 22.3. The molecule has 1 aliphatic carbocycles. The molecule has 1 amide bonds. The number of aromatic nitrogens is 3. The summed E-state index contributed by atoms with van der Waals surface area (Å²) in [6.07, 6.45) is 3.12. The highest BCUT2D eigenvalue weighted by atomic mass is 16.1. The molecule has 0 spiro atoms. The number of para-hydroxylation sites is 2. The molecule has 0 unspecified atom stereocenters. The van der Waals surface area contributed by atoms with E-state index in [0.717, 1.165) is 24.8 Å². The van der Waals surface area contributed by atoms with Gasteiger partial charge in [-0.25, -0.2) is 0 Å². The molecule has 1 aliphatic rings. The van der Waals surface area contributed by atoms with Crippen molar-refractivity contribution in [2.45, 2.75) is 45.7 Å². The van der Waals surface area contributed by atoms with Gasteiger partial charge >= 0.3 is 0 Å². The molecule has 0 radical (unpaired) electrons. The summed E-state index contributed by atoms with van der Waals surface area (Å²) in [4.78, 5) is 26.3. The Morgan fingerprint density at radius 3 is 2.26 bits per heavy atom. The van der Waals surface area contributed by atoms with Crippen LogP contribution in [0.25, 0.3) is 0 Å². The van der Waals surface area contributed by atoms with E-state index in [1.165, 1.54) is 16.7 Å². The van der Waals surface area contributed by atoms with Crippen LogP contribution in [0.4, 0.5) is 29.2 Å². The van der Waals surface area contributed by atoms with Crippen LogP contribution in [0.15, 0.2) is 66.7 Å². The molecule has 0 bridgehead atoms. The second-order valence-electron chi connectivity index (χ2n) is 9.91. The fourth-order valence-corrected chi connectivity index (χ4v) is 4.05. The van der Waals surface area contributed by atoms with Gasteiger partial charge in [-0.1, -0.05) is 42.5 Å². The Morgan fingerprint density at radius 1 is 0.846 bits per heavy atom. The van der Waals surface area contributed by atoms with Crippen LogP contribution in [0, 0.1) is 13.8 Å². The van der Waals surface area contributed by atoms with E-state index < -0.39 is 0 Å². The Balaban J connectivity index is 1.20. The summed E-state index contributed by atoms with van der Waals surface area (Å²) < 4.78 is 0. The predicted octanol–water partition coefficient (Wildman–Crippen LogP) is 5.16. The van der Waals surface area contributed by atoms with Gasteiger partial charge in [0.05, 0.1) is 11.4 Å². The normalized spacial score (nSPS) is 12.6. The first-order valence-electron chi connectivity index (χ1n) is 13.2. The zero-order valence-electron chi connectivity index (χ0n) is 22.3. The number of nitrogens with one attached hydrogen (secondary N) is 4. The number of carbonyl (C=O) groups is 1. The van der Waals surface area contributed by atoms with Crippen molar-refractivity contribution in [3.8, 4) is 0 Å². The van der Waals surface area contributed by atoms with Crippen molar-refractivity contribution < 1.29 is 4.79 Å². The van der Waals surface area contributed by atoms with Gasteiger partial charge in [-0.05, 0) is 79.6 Å². The number of aryl methyl sites for hydroxylation is 2. The van der Waals surface area contributed by atoms with E-state index in [-0.39, 0.29) is 5.91 Å². The van der Waals surface area contributed by atoms with E-state index >= 15 is 0 Å². The number of benzene rings is 3. The Bertz CT molecular complexity index is 1450. The topological polar surface area (TPSA) is 130 Å². The highest BCUT2D eigenvalue weighted by Gasteiger charge is 2.22. The van der Waals surface area contributed by atoms with Gasteiger partial charge < -0.3 is 27.0 Å². The lowest BCUT2D eigenvalue weighted by Gasteiger charge is -2.12. The van der Waals surface area contributed by atoms with Crippen LogP contribution in [0.1, 0.15) is 45.5 Å². The maximum absolute atomic E-state index is 12.6. The Hall–Kier alpha value is -4.66. The smallest absolute Gasteiger partial charge is 0.255 e. The number of nitrogens with two attached hydrogens (primary N) is 1. The molecule has 3 aromatic carbocycles. The molecule has 0 aliphatic heterocycles. The molecule has 39 heavy (non-hydrogen) atoms. The summed E-state index contributed by atoms with van der Waals surface area (Å²) in [5, 5.41) is 12.9. The fraction of sp³-hybridized carbons (Fsp3) is 0.267. The van der Waals surface area contributed by atoms with Gasteiger partial charge in [0.2, 0.25) is 17.8 Å².